The van der Waals surface area contributed by atoms with E-state index in [1.165, 1.54) is 0 Å². The molecule has 1 aliphatic heterocycles. The molecule has 0 bridgehead atoms. The van der Waals surface area contributed by atoms with Crippen LogP contribution in [0.25, 0.3) is 0 Å². The van der Waals surface area contributed by atoms with Crippen LogP contribution < -0.4 is 5.73 Å². The molecule has 1 fully saturated rings. The molecule has 1 aromatic carbocycles. The zero-order chi connectivity index (χ0) is 11.6. The number of carbonyl (C=O) groups excluding carboxylic acids is 1. The van der Waals surface area contributed by atoms with Gasteiger partial charge in [0, 0.05) is 12.5 Å². The standard InChI is InChI=1S/C13H17NO2/c1-13(14,11-5-3-2-4-6-11)12(15)10-7-8-16-9-10/h2-6,10H,7-9,14H2,1H3. The fourth-order valence-electron chi connectivity index (χ4n) is 2.09. The summed E-state index contributed by atoms with van der Waals surface area (Å²) in [5.74, 6) is 0.0337. The van der Waals surface area contributed by atoms with E-state index >= 15 is 0 Å². The van der Waals surface area contributed by atoms with Gasteiger partial charge in [0.05, 0.1) is 12.1 Å². The average Bonchev–Trinajstić information content (AvgIpc) is 2.82. The van der Waals surface area contributed by atoms with E-state index in [1.807, 2.05) is 30.3 Å². The third-order valence-electron chi connectivity index (χ3n) is 3.19. The van der Waals surface area contributed by atoms with Crippen molar-refractivity contribution < 1.29 is 9.53 Å². The lowest BCUT2D eigenvalue weighted by Gasteiger charge is -2.26. The van der Waals surface area contributed by atoms with Gasteiger partial charge in [-0.15, -0.1) is 0 Å². The summed E-state index contributed by atoms with van der Waals surface area (Å²) in [5.41, 5.74) is 6.12. The molecule has 0 aliphatic carbocycles. The predicted molar refractivity (Wildman–Crippen MR) is 61.9 cm³/mol. The van der Waals surface area contributed by atoms with Gasteiger partial charge in [-0.05, 0) is 18.9 Å². The highest BCUT2D eigenvalue weighted by Gasteiger charge is 2.37. The Kier molecular flexibility index (Phi) is 3.08. The number of hydrogen-bond donors (Lipinski definition) is 1. The summed E-state index contributed by atoms with van der Waals surface area (Å²) in [6, 6.07) is 9.52. The molecule has 1 heterocycles. The SMILES string of the molecule is CC(N)(C(=O)C1CCOC1)c1ccccc1. The summed E-state index contributed by atoms with van der Waals surface area (Å²) in [5, 5.41) is 0. The fraction of sp³-hybridized carbons (Fsp3) is 0.462. The van der Waals surface area contributed by atoms with Crippen molar-refractivity contribution >= 4 is 5.78 Å². The number of ether oxygens (including phenoxy) is 1. The number of nitrogens with two attached hydrogens (primary N) is 1. The van der Waals surface area contributed by atoms with E-state index in [4.69, 9.17) is 10.5 Å². The molecule has 2 rings (SSSR count). The molecule has 2 unspecified atom stereocenters. The minimum Gasteiger partial charge on any atom is -0.381 e. The summed E-state index contributed by atoms with van der Waals surface area (Å²) in [6.07, 6.45) is 0.790. The van der Waals surface area contributed by atoms with Crippen LogP contribution in [0.5, 0.6) is 0 Å². The first-order valence-corrected chi connectivity index (χ1v) is 5.59. The van der Waals surface area contributed by atoms with Crippen molar-refractivity contribution in [3.05, 3.63) is 35.9 Å². The molecule has 16 heavy (non-hydrogen) atoms. The molecule has 3 heteroatoms. The topological polar surface area (TPSA) is 52.3 Å². The zero-order valence-electron chi connectivity index (χ0n) is 9.48. The Hall–Kier alpha value is -1.19. The van der Waals surface area contributed by atoms with Crippen molar-refractivity contribution in [1.29, 1.82) is 0 Å². The van der Waals surface area contributed by atoms with E-state index in [-0.39, 0.29) is 11.7 Å². The summed E-state index contributed by atoms with van der Waals surface area (Å²) in [4.78, 5) is 12.3. The first kappa shape index (κ1) is 11.3. The lowest BCUT2D eigenvalue weighted by atomic mass is 9.82. The molecule has 2 N–H and O–H groups in total. The summed E-state index contributed by atoms with van der Waals surface area (Å²) < 4.78 is 5.23. The maximum absolute atomic E-state index is 12.3. The third kappa shape index (κ3) is 2.01. The zero-order valence-corrected chi connectivity index (χ0v) is 9.48. The predicted octanol–water partition coefficient (Wildman–Crippen LogP) is 1.47. The van der Waals surface area contributed by atoms with Crippen LogP contribution >= 0.6 is 0 Å². The van der Waals surface area contributed by atoms with Crippen LogP contribution in [0.2, 0.25) is 0 Å². The molecule has 2 atom stereocenters. The molecule has 1 aromatic rings. The van der Waals surface area contributed by atoms with Gasteiger partial charge in [-0.1, -0.05) is 30.3 Å². The van der Waals surface area contributed by atoms with Crippen molar-refractivity contribution in [2.75, 3.05) is 13.2 Å². The normalized spacial score (nSPS) is 24.0. The van der Waals surface area contributed by atoms with Crippen LogP contribution in [0.4, 0.5) is 0 Å². The van der Waals surface area contributed by atoms with Crippen molar-refractivity contribution in [3.8, 4) is 0 Å². The molecule has 1 saturated heterocycles. The summed E-state index contributed by atoms with van der Waals surface area (Å²) >= 11 is 0. The Balaban J connectivity index is 2.21. The number of rotatable bonds is 3. The maximum Gasteiger partial charge on any atom is 0.162 e. The van der Waals surface area contributed by atoms with E-state index in [0.29, 0.717) is 13.2 Å². The summed E-state index contributed by atoms with van der Waals surface area (Å²) in [7, 11) is 0. The van der Waals surface area contributed by atoms with Crippen LogP contribution in [0, 0.1) is 5.92 Å². The first-order valence-electron chi connectivity index (χ1n) is 5.59. The van der Waals surface area contributed by atoms with Gasteiger partial charge in [-0.25, -0.2) is 0 Å². The fourth-order valence-corrected chi connectivity index (χ4v) is 2.09. The van der Waals surface area contributed by atoms with Crippen molar-refractivity contribution in [1.82, 2.24) is 0 Å². The Morgan fingerprint density at radius 2 is 2.12 bits per heavy atom. The maximum atomic E-state index is 12.3. The van der Waals surface area contributed by atoms with Crippen LogP contribution in [-0.2, 0) is 15.1 Å². The molecular weight excluding hydrogens is 202 g/mol. The van der Waals surface area contributed by atoms with E-state index < -0.39 is 5.54 Å². The molecule has 0 saturated carbocycles. The molecule has 0 amide bonds. The Bertz CT molecular complexity index is 367. The quantitative estimate of drug-likeness (QED) is 0.837. The average molecular weight is 219 g/mol. The monoisotopic (exact) mass is 219 g/mol. The van der Waals surface area contributed by atoms with Gasteiger partial charge in [0.2, 0.25) is 0 Å². The second-order valence-corrected chi connectivity index (χ2v) is 4.49. The number of hydrogen-bond acceptors (Lipinski definition) is 3. The van der Waals surface area contributed by atoms with Gasteiger partial charge in [0.25, 0.3) is 0 Å². The number of benzene rings is 1. The van der Waals surface area contributed by atoms with E-state index in [0.717, 1.165) is 12.0 Å². The van der Waals surface area contributed by atoms with E-state index in [2.05, 4.69) is 0 Å². The van der Waals surface area contributed by atoms with Gasteiger partial charge < -0.3 is 10.5 Å². The van der Waals surface area contributed by atoms with Gasteiger partial charge in [-0.2, -0.15) is 0 Å². The largest absolute Gasteiger partial charge is 0.381 e. The van der Waals surface area contributed by atoms with Crippen LogP contribution in [0.1, 0.15) is 18.9 Å². The second kappa shape index (κ2) is 4.36. The Labute approximate surface area is 95.6 Å². The molecule has 0 spiro atoms. The van der Waals surface area contributed by atoms with Crippen LogP contribution in [0.15, 0.2) is 30.3 Å². The summed E-state index contributed by atoms with van der Waals surface area (Å²) in [6.45, 7) is 2.96. The van der Waals surface area contributed by atoms with Crippen LogP contribution in [-0.4, -0.2) is 19.0 Å². The van der Waals surface area contributed by atoms with E-state index in [9.17, 15) is 4.79 Å². The number of carbonyl (C=O) groups is 1. The van der Waals surface area contributed by atoms with Gasteiger partial charge >= 0.3 is 0 Å². The molecule has 1 aliphatic rings. The molecule has 0 radical (unpaired) electrons. The highest BCUT2D eigenvalue weighted by molar-refractivity contribution is 5.91. The van der Waals surface area contributed by atoms with Crippen molar-refractivity contribution in [2.45, 2.75) is 18.9 Å². The number of Topliss-reactive ketones (excluding diaryl/α,β-unsaturated/α-hetero) is 1. The second-order valence-electron chi connectivity index (χ2n) is 4.49. The van der Waals surface area contributed by atoms with Gasteiger partial charge in [0.1, 0.15) is 0 Å². The third-order valence-corrected chi connectivity index (χ3v) is 3.19. The Morgan fingerprint density at radius 3 is 2.69 bits per heavy atom. The minimum atomic E-state index is -0.903. The van der Waals surface area contributed by atoms with Gasteiger partial charge in [0.15, 0.2) is 5.78 Å². The highest BCUT2D eigenvalue weighted by Crippen LogP contribution is 2.26. The Morgan fingerprint density at radius 1 is 1.44 bits per heavy atom. The van der Waals surface area contributed by atoms with Gasteiger partial charge in [-0.3, -0.25) is 4.79 Å². The minimum absolute atomic E-state index is 0.0461. The van der Waals surface area contributed by atoms with Crippen molar-refractivity contribution in [2.24, 2.45) is 11.7 Å². The highest BCUT2D eigenvalue weighted by atomic mass is 16.5. The van der Waals surface area contributed by atoms with Crippen molar-refractivity contribution in [3.63, 3.8) is 0 Å². The molecule has 86 valence electrons. The molecular formula is C13H17NO2. The molecule has 3 nitrogen and oxygen atoms in total. The lowest BCUT2D eigenvalue weighted by Crippen LogP contribution is -2.45. The lowest BCUT2D eigenvalue weighted by molar-refractivity contribution is -0.127. The number of ketones is 1. The smallest absolute Gasteiger partial charge is 0.162 e. The first-order chi connectivity index (χ1) is 7.62. The van der Waals surface area contributed by atoms with E-state index in [1.54, 1.807) is 6.92 Å². The van der Waals surface area contributed by atoms with Crippen LogP contribution in [0.3, 0.4) is 0 Å². The molecule has 0 aromatic heterocycles.